The molecular formula is C11H14O2. The van der Waals surface area contributed by atoms with Crippen LogP contribution >= 0.6 is 0 Å². The van der Waals surface area contributed by atoms with E-state index in [9.17, 15) is 9.90 Å². The summed E-state index contributed by atoms with van der Waals surface area (Å²) in [6.45, 7) is 6.05. The van der Waals surface area contributed by atoms with Gasteiger partial charge < -0.3 is 5.11 Å². The Hall–Kier alpha value is -0.890. The summed E-state index contributed by atoms with van der Waals surface area (Å²) < 4.78 is 0. The quantitative estimate of drug-likeness (QED) is 0.611. The number of aliphatic hydroxyl groups is 1. The number of rotatable bonds is 0. The van der Waals surface area contributed by atoms with E-state index in [2.05, 4.69) is 0 Å². The molecule has 0 amide bonds. The van der Waals surface area contributed by atoms with E-state index in [4.69, 9.17) is 0 Å². The highest BCUT2D eigenvalue weighted by Gasteiger charge is 2.44. The highest BCUT2D eigenvalue weighted by Crippen LogP contribution is 2.48. The van der Waals surface area contributed by atoms with Gasteiger partial charge in [-0.25, -0.2) is 0 Å². The van der Waals surface area contributed by atoms with Gasteiger partial charge in [0.05, 0.1) is 6.10 Å². The van der Waals surface area contributed by atoms with Gasteiger partial charge in [0, 0.05) is 11.8 Å². The van der Waals surface area contributed by atoms with E-state index in [0.29, 0.717) is 6.42 Å². The fraction of sp³-hybridized carbons (Fsp3) is 0.545. The zero-order valence-electron chi connectivity index (χ0n) is 8.22. The second-order valence-corrected chi connectivity index (χ2v) is 4.47. The zero-order valence-corrected chi connectivity index (χ0v) is 8.22. The standard InChI is InChI=1S/C11H14O2/c1-6-8-4-7(12)5-9(8)10(13)11(6,2)3/h5,10,13H,4H2,1-3H3. The lowest BCUT2D eigenvalue weighted by Gasteiger charge is -2.25. The van der Waals surface area contributed by atoms with E-state index in [1.165, 1.54) is 0 Å². The first-order chi connectivity index (χ1) is 5.94. The lowest BCUT2D eigenvalue weighted by atomic mass is 9.83. The van der Waals surface area contributed by atoms with Gasteiger partial charge in [-0.2, -0.15) is 0 Å². The van der Waals surface area contributed by atoms with Gasteiger partial charge in [0.25, 0.3) is 0 Å². The smallest absolute Gasteiger partial charge is 0.160 e. The predicted molar refractivity (Wildman–Crippen MR) is 50.2 cm³/mol. The topological polar surface area (TPSA) is 37.3 Å². The van der Waals surface area contributed by atoms with Crippen LogP contribution in [-0.2, 0) is 4.79 Å². The SMILES string of the molecule is CC1=C2CC(=O)C=C2C(O)C1(C)C. The maximum Gasteiger partial charge on any atom is 0.160 e. The molecule has 0 aromatic carbocycles. The molecule has 0 saturated heterocycles. The molecule has 1 unspecified atom stereocenters. The molecule has 0 heterocycles. The van der Waals surface area contributed by atoms with Gasteiger partial charge in [-0.05, 0) is 24.1 Å². The molecule has 0 fully saturated rings. The molecule has 0 aromatic rings. The molecule has 2 rings (SSSR count). The normalized spacial score (nSPS) is 30.9. The largest absolute Gasteiger partial charge is 0.388 e. The van der Waals surface area contributed by atoms with Gasteiger partial charge in [0.1, 0.15) is 0 Å². The average Bonchev–Trinajstić information content (AvgIpc) is 2.48. The maximum atomic E-state index is 11.1. The highest BCUT2D eigenvalue weighted by molar-refractivity contribution is 5.98. The molecule has 2 nitrogen and oxygen atoms in total. The van der Waals surface area contributed by atoms with Gasteiger partial charge in [0.2, 0.25) is 0 Å². The third-order valence-electron chi connectivity index (χ3n) is 3.41. The number of hydrogen-bond donors (Lipinski definition) is 1. The van der Waals surface area contributed by atoms with Gasteiger partial charge in [-0.3, -0.25) is 4.79 Å². The lowest BCUT2D eigenvalue weighted by molar-refractivity contribution is -0.113. The van der Waals surface area contributed by atoms with E-state index in [1.54, 1.807) is 6.08 Å². The molecule has 2 heteroatoms. The van der Waals surface area contributed by atoms with Crippen LogP contribution in [0.1, 0.15) is 27.2 Å². The van der Waals surface area contributed by atoms with Crippen LogP contribution in [0.5, 0.6) is 0 Å². The summed E-state index contributed by atoms with van der Waals surface area (Å²) in [5.74, 6) is 0.124. The first kappa shape index (κ1) is 8.70. The van der Waals surface area contributed by atoms with E-state index in [0.717, 1.165) is 16.7 Å². The van der Waals surface area contributed by atoms with Crippen molar-refractivity contribution >= 4 is 5.78 Å². The van der Waals surface area contributed by atoms with Gasteiger partial charge >= 0.3 is 0 Å². The third-order valence-corrected chi connectivity index (χ3v) is 3.41. The molecule has 0 bridgehead atoms. The molecule has 13 heavy (non-hydrogen) atoms. The molecule has 2 aliphatic rings. The predicted octanol–water partition coefficient (Wildman–Crippen LogP) is 1.60. The second-order valence-electron chi connectivity index (χ2n) is 4.47. The number of hydrogen-bond acceptors (Lipinski definition) is 2. The Morgan fingerprint density at radius 1 is 1.54 bits per heavy atom. The van der Waals surface area contributed by atoms with E-state index in [1.807, 2.05) is 20.8 Å². The molecule has 0 aliphatic heterocycles. The van der Waals surface area contributed by atoms with Crippen LogP contribution < -0.4 is 0 Å². The van der Waals surface area contributed by atoms with Crippen molar-refractivity contribution in [1.29, 1.82) is 0 Å². The van der Waals surface area contributed by atoms with Crippen LogP contribution in [0.15, 0.2) is 22.8 Å². The number of fused-ring (bicyclic) bond motifs is 1. The maximum absolute atomic E-state index is 11.1. The van der Waals surface area contributed by atoms with Crippen molar-refractivity contribution in [1.82, 2.24) is 0 Å². The second kappa shape index (κ2) is 2.32. The van der Waals surface area contributed by atoms with E-state index >= 15 is 0 Å². The van der Waals surface area contributed by atoms with Gasteiger partial charge in [0.15, 0.2) is 5.78 Å². The molecular weight excluding hydrogens is 164 g/mol. The molecule has 0 spiro atoms. The zero-order chi connectivity index (χ0) is 9.80. The van der Waals surface area contributed by atoms with Gasteiger partial charge in [-0.15, -0.1) is 0 Å². The molecule has 70 valence electrons. The Morgan fingerprint density at radius 2 is 2.15 bits per heavy atom. The van der Waals surface area contributed by atoms with Crippen molar-refractivity contribution in [3.05, 3.63) is 22.8 Å². The summed E-state index contributed by atoms with van der Waals surface area (Å²) in [5.41, 5.74) is 2.90. The van der Waals surface area contributed by atoms with Crippen molar-refractivity contribution in [3.8, 4) is 0 Å². The summed E-state index contributed by atoms with van der Waals surface area (Å²) in [7, 11) is 0. The summed E-state index contributed by atoms with van der Waals surface area (Å²) >= 11 is 0. The van der Waals surface area contributed by atoms with E-state index in [-0.39, 0.29) is 11.2 Å². The minimum absolute atomic E-state index is 0.124. The molecule has 0 aromatic heterocycles. The van der Waals surface area contributed by atoms with Gasteiger partial charge in [-0.1, -0.05) is 19.4 Å². The average molecular weight is 178 g/mol. The van der Waals surface area contributed by atoms with Crippen LogP contribution in [0.25, 0.3) is 0 Å². The molecule has 1 atom stereocenters. The monoisotopic (exact) mass is 178 g/mol. The molecule has 0 radical (unpaired) electrons. The van der Waals surface area contributed by atoms with Crippen LogP contribution in [0.4, 0.5) is 0 Å². The first-order valence-electron chi connectivity index (χ1n) is 4.57. The molecule has 2 aliphatic carbocycles. The fourth-order valence-electron chi connectivity index (χ4n) is 2.16. The van der Waals surface area contributed by atoms with Crippen molar-refractivity contribution < 1.29 is 9.90 Å². The lowest BCUT2D eigenvalue weighted by Crippen LogP contribution is -2.26. The minimum Gasteiger partial charge on any atom is -0.388 e. The van der Waals surface area contributed by atoms with Crippen molar-refractivity contribution in [3.63, 3.8) is 0 Å². The number of allylic oxidation sites excluding steroid dienone is 1. The fourth-order valence-corrected chi connectivity index (χ4v) is 2.16. The first-order valence-corrected chi connectivity index (χ1v) is 4.57. The Morgan fingerprint density at radius 3 is 2.69 bits per heavy atom. The van der Waals surface area contributed by atoms with Crippen LogP contribution in [0, 0.1) is 5.41 Å². The summed E-state index contributed by atoms with van der Waals surface area (Å²) in [4.78, 5) is 11.1. The Balaban J connectivity index is 2.54. The van der Waals surface area contributed by atoms with Crippen molar-refractivity contribution in [2.24, 2.45) is 5.41 Å². The number of ketones is 1. The van der Waals surface area contributed by atoms with Crippen LogP contribution in [0.3, 0.4) is 0 Å². The summed E-state index contributed by atoms with van der Waals surface area (Å²) in [6, 6.07) is 0. The summed E-state index contributed by atoms with van der Waals surface area (Å²) in [6.07, 6.45) is 1.59. The Labute approximate surface area is 78.0 Å². The minimum atomic E-state index is -0.492. The Bertz CT molecular complexity index is 342. The van der Waals surface area contributed by atoms with Crippen molar-refractivity contribution in [2.45, 2.75) is 33.3 Å². The third kappa shape index (κ3) is 0.953. The number of carbonyl (C=O) groups is 1. The number of carbonyl (C=O) groups excluding carboxylic acids is 1. The number of aliphatic hydroxyl groups excluding tert-OH is 1. The van der Waals surface area contributed by atoms with E-state index < -0.39 is 6.10 Å². The van der Waals surface area contributed by atoms with Crippen LogP contribution in [-0.4, -0.2) is 17.0 Å². The van der Waals surface area contributed by atoms with Crippen LogP contribution in [0.2, 0.25) is 0 Å². The molecule has 0 saturated carbocycles. The highest BCUT2D eigenvalue weighted by atomic mass is 16.3. The van der Waals surface area contributed by atoms with Crippen molar-refractivity contribution in [2.75, 3.05) is 0 Å². The summed E-state index contributed by atoms with van der Waals surface area (Å²) in [5, 5.41) is 9.95. The molecule has 1 N–H and O–H groups in total. The Kier molecular flexibility index (Phi) is 1.55.